The Hall–Kier alpha value is -3.22. The smallest absolute Gasteiger partial charge is 0.251 e. The van der Waals surface area contributed by atoms with Crippen molar-refractivity contribution in [1.82, 2.24) is 15.5 Å². The summed E-state index contributed by atoms with van der Waals surface area (Å²) in [5.74, 6) is -0.251. The number of carbonyl (C=O) groups is 2. The molecule has 1 aliphatic carbocycles. The average Bonchev–Trinajstić information content (AvgIpc) is 3.65. The third kappa shape index (κ3) is 6.71. The highest BCUT2D eigenvalue weighted by molar-refractivity contribution is 7.91. The van der Waals surface area contributed by atoms with Gasteiger partial charge in [0.1, 0.15) is 6.04 Å². The second-order valence-electron chi connectivity index (χ2n) is 9.65. The molecule has 2 aromatic rings. The first-order valence-corrected chi connectivity index (χ1v) is 14.2. The van der Waals surface area contributed by atoms with Crippen LogP contribution in [0.5, 0.6) is 0 Å². The molecule has 1 saturated carbocycles. The maximum Gasteiger partial charge on any atom is 0.251 e. The van der Waals surface area contributed by atoms with Crippen LogP contribution < -0.4 is 10.6 Å². The molecule has 0 spiro atoms. The zero-order chi connectivity index (χ0) is 25.7. The van der Waals surface area contributed by atoms with Crippen molar-refractivity contribution < 1.29 is 18.0 Å². The number of nitrogens with zero attached hydrogens (tertiary/aromatic N) is 2. The minimum absolute atomic E-state index is 0.0569. The van der Waals surface area contributed by atoms with Crippen molar-refractivity contribution in [1.29, 1.82) is 5.26 Å². The van der Waals surface area contributed by atoms with Crippen LogP contribution in [0.2, 0.25) is 0 Å². The lowest BCUT2D eigenvalue weighted by atomic mass is 10.1. The topological polar surface area (TPSA) is 119 Å². The van der Waals surface area contributed by atoms with Gasteiger partial charge in [0.05, 0.1) is 23.1 Å². The minimum atomic E-state index is -3.12. The number of nitrogens with one attached hydrogen (secondary N) is 2. The van der Waals surface area contributed by atoms with Gasteiger partial charge in [0.25, 0.3) is 5.91 Å². The summed E-state index contributed by atoms with van der Waals surface area (Å²) >= 11 is 0. The van der Waals surface area contributed by atoms with Gasteiger partial charge in [-0.05, 0) is 62.6 Å². The van der Waals surface area contributed by atoms with E-state index in [0.717, 1.165) is 13.0 Å². The molecule has 4 rings (SSSR count). The number of rotatable bonds is 9. The van der Waals surface area contributed by atoms with E-state index in [2.05, 4.69) is 41.8 Å². The third-order valence-electron chi connectivity index (χ3n) is 6.91. The van der Waals surface area contributed by atoms with Crippen molar-refractivity contribution >= 4 is 21.7 Å². The fourth-order valence-corrected chi connectivity index (χ4v) is 5.75. The molecule has 2 fully saturated rings. The van der Waals surface area contributed by atoms with Crippen LogP contribution in [0.4, 0.5) is 0 Å². The molecule has 1 saturated heterocycles. The highest BCUT2D eigenvalue weighted by atomic mass is 32.2. The van der Waals surface area contributed by atoms with E-state index in [0.29, 0.717) is 35.9 Å². The zero-order valence-electron chi connectivity index (χ0n) is 20.4. The first-order valence-electron chi connectivity index (χ1n) is 12.4. The summed E-state index contributed by atoms with van der Waals surface area (Å²) in [6.45, 7) is 3.08. The fraction of sp³-hybridized carbons (Fsp3) is 0.444. The Bertz CT molecular complexity index is 1220. The number of benzene rings is 2. The molecule has 2 N–H and O–H groups in total. The molecule has 0 unspecified atom stereocenters. The molecular weight excluding hydrogens is 476 g/mol. The number of carbonyl (C=O) groups excluding carboxylic acids is 2. The molecule has 9 heteroatoms. The first kappa shape index (κ1) is 25.9. The van der Waals surface area contributed by atoms with E-state index >= 15 is 0 Å². The van der Waals surface area contributed by atoms with E-state index in [4.69, 9.17) is 5.26 Å². The van der Waals surface area contributed by atoms with Gasteiger partial charge in [-0.2, -0.15) is 5.26 Å². The van der Waals surface area contributed by atoms with E-state index in [-0.39, 0.29) is 30.5 Å². The maximum atomic E-state index is 13.2. The Labute approximate surface area is 212 Å². The number of nitriles is 1. The molecule has 2 amide bonds. The standard InChI is InChI=1S/C27H32N4O4S/c1-19-4-8-21(9-5-19)23-17-25(23)29-12-2-3-24(27(33)31-13-15-36(34,35)16-14-31)30-26(32)22-10-6-20(18-28)7-11-22/h4-11,23-25,29H,2-3,12-17H2,1H3,(H,30,32)/t23-,24-,25+/m0/s1. The first-order chi connectivity index (χ1) is 17.3. The lowest BCUT2D eigenvalue weighted by Crippen LogP contribution is -2.53. The van der Waals surface area contributed by atoms with Gasteiger partial charge < -0.3 is 15.5 Å². The maximum absolute atomic E-state index is 13.2. The minimum Gasteiger partial charge on any atom is -0.340 e. The summed E-state index contributed by atoms with van der Waals surface area (Å²) in [6.07, 6.45) is 2.22. The van der Waals surface area contributed by atoms with Crippen LogP contribution in [-0.2, 0) is 14.6 Å². The van der Waals surface area contributed by atoms with E-state index in [9.17, 15) is 18.0 Å². The highest BCUT2D eigenvalue weighted by Gasteiger charge is 2.37. The molecule has 8 nitrogen and oxygen atoms in total. The number of sulfone groups is 1. The van der Waals surface area contributed by atoms with Gasteiger partial charge in [-0.25, -0.2) is 8.42 Å². The normalized spacial score (nSPS) is 21.3. The molecule has 0 aromatic heterocycles. The van der Waals surface area contributed by atoms with Crippen molar-refractivity contribution in [2.45, 2.75) is 44.2 Å². The monoisotopic (exact) mass is 508 g/mol. The number of hydrogen-bond donors (Lipinski definition) is 2. The van der Waals surface area contributed by atoms with Crippen molar-refractivity contribution in [3.8, 4) is 6.07 Å². The SMILES string of the molecule is Cc1ccc([C@@H]2C[C@H]2NCCC[C@H](NC(=O)c2ccc(C#N)cc2)C(=O)N2CCS(=O)(=O)CC2)cc1. The van der Waals surface area contributed by atoms with Gasteiger partial charge in [0.2, 0.25) is 5.91 Å². The van der Waals surface area contributed by atoms with Crippen molar-refractivity contribution in [2.75, 3.05) is 31.1 Å². The summed E-state index contributed by atoms with van der Waals surface area (Å²) < 4.78 is 23.6. The van der Waals surface area contributed by atoms with Crippen LogP contribution in [0.25, 0.3) is 0 Å². The molecule has 1 heterocycles. The molecule has 2 aliphatic rings. The van der Waals surface area contributed by atoms with Crippen LogP contribution in [0, 0.1) is 18.3 Å². The molecule has 190 valence electrons. The van der Waals surface area contributed by atoms with Crippen LogP contribution in [0.15, 0.2) is 48.5 Å². The van der Waals surface area contributed by atoms with Crippen LogP contribution in [0.1, 0.15) is 52.2 Å². The predicted octanol–water partition coefficient (Wildman–Crippen LogP) is 2.15. The quantitative estimate of drug-likeness (QED) is 0.501. The summed E-state index contributed by atoms with van der Waals surface area (Å²) in [4.78, 5) is 27.6. The molecule has 0 bridgehead atoms. The Morgan fingerprint density at radius 1 is 1.08 bits per heavy atom. The van der Waals surface area contributed by atoms with Crippen LogP contribution in [0.3, 0.4) is 0 Å². The summed E-state index contributed by atoms with van der Waals surface area (Å²) in [5, 5.41) is 15.4. The third-order valence-corrected chi connectivity index (χ3v) is 8.52. The second kappa shape index (κ2) is 11.2. The van der Waals surface area contributed by atoms with Crippen molar-refractivity contribution in [3.63, 3.8) is 0 Å². The van der Waals surface area contributed by atoms with Gasteiger partial charge >= 0.3 is 0 Å². The average molecular weight is 509 g/mol. The fourth-order valence-electron chi connectivity index (χ4n) is 4.54. The molecular formula is C27H32N4O4S. The summed E-state index contributed by atoms with van der Waals surface area (Å²) in [5.41, 5.74) is 3.39. The molecule has 1 aliphatic heterocycles. The Morgan fingerprint density at radius 2 is 1.75 bits per heavy atom. The van der Waals surface area contributed by atoms with E-state index in [1.54, 1.807) is 24.3 Å². The highest BCUT2D eigenvalue weighted by Crippen LogP contribution is 2.40. The number of amides is 2. The van der Waals surface area contributed by atoms with Crippen molar-refractivity contribution in [2.24, 2.45) is 0 Å². The van der Waals surface area contributed by atoms with E-state index in [1.807, 2.05) is 6.07 Å². The Kier molecular flexibility index (Phi) is 8.07. The number of hydrogen-bond acceptors (Lipinski definition) is 6. The lowest BCUT2D eigenvalue weighted by Gasteiger charge is -2.30. The molecule has 2 aromatic carbocycles. The van der Waals surface area contributed by atoms with Crippen LogP contribution in [-0.4, -0.2) is 68.4 Å². The van der Waals surface area contributed by atoms with Gasteiger partial charge in [0.15, 0.2) is 9.84 Å². The molecule has 0 radical (unpaired) electrons. The summed E-state index contributed by atoms with van der Waals surface area (Å²) in [7, 11) is -3.12. The van der Waals surface area contributed by atoms with Gasteiger partial charge in [-0.3, -0.25) is 9.59 Å². The lowest BCUT2D eigenvalue weighted by molar-refractivity contribution is -0.133. The van der Waals surface area contributed by atoms with Crippen LogP contribution >= 0.6 is 0 Å². The summed E-state index contributed by atoms with van der Waals surface area (Å²) in [6, 6.07) is 16.5. The molecule has 3 atom stereocenters. The second-order valence-corrected chi connectivity index (χ2v) is 12.0. The van der Waals surface area contributed by atoms with E-state index < -0.39 is 21.8 Å². The Morgan fingerprint density at radius 3 is 2.39 bits per heavy atom. The zero-order valence-corrected chi connectivity index (χ0v) is 21.3. The van der Waals surface area contributed by atoms with Gasteiger partial charge in [-0.1, -0.05) is 29.8 Å². The molecule has 36 heavy (non-hydrogen) atoms. The van der Waals surface area contributed by atoms with Gasteiger partial charge in [-0.15, -0.1) is 0 Å². The van der Waals surface area contributed by atoms with Gasteiger partial charge in [0, 0.05) is 30.6 Å². The van der Waals surface area contributed by atoms with Crippen molar-refractivity contribution in [3.05, 3.63) is 70.8 Å². The Balaban J connectivity index is 1.33. The predicted molar refractivity (Wildman–Crippen MR) is 137 cm³/mol. The van der Waals surface area contributed by atoms with E-state index in [1.165, 1.54) is 16.0 Å². The number of aryl methyl sites for hydroxylation is 1. The largest absolute Gasteiger partial charge is 0.340 e.